The van der Waals surface area contributed by atoms with Crippen molar-refractivity contribution in [3.8, 4) is 0 Å². The highest BCUT2D eigenvalue weighted by Gasteiger charge is 2.32. The zero-order valence-corrected chi connectivity index (χ0v) is 14.0. The summed E-state index contributed by atoms with van der Waals surface area (Å²) >= 11 is 0. The van der Waals surface area contributed by atoms with Gasteiger partial charge in [0.1, 0.15) is 5.60 Å². The molecule has 1 aliphatic heterocycles. The summed E-state index contributed by atoms with van der Waals surface area (Å²) in [6, 6.07) is 20.2. The van der Waals surface area contributed by atoms with Crippen molar-refractivity contribution in [2.45, 2.75) is 31.3 Å². The van der Waals surface area contributed by atoms with E-state index in [2.05, 4.69) is 11.9 Å². The Morgan fingerprint density at radius 2 is 1.39 bits per heavy atom. The molecule has 0 amide bonds. The van der Waals surface area contributed by atoms with Gasteiger partial charge in [0.25, 0.3) is 0 Å². The smallest absolute Gasteiger partial charge is 0.115 e. The average Bonchev–Trinajstić information content (AvgIpc) is 2.62. The highest BCUT2D eigenvalue weighted by atomic mass is 16.3. The third kappa shape index (κ3) is 3.82. The molecule has 1 heterocycles. The predicted octanol–water partition coefficient (Wildman–Crippen LogP) is 4.04. The first-order chi connectivity index (χ1) is 11.2. The SMILES string of the molecule is CN1CCC(CCC(O)(c2ccccc2)c2ccccc2)CC1. The van der Waals surface area contributed by atoms with Gasteiger partial charge in [-0.3, -0.25) is 0 Å². The van der Waals surface area contributed by atoms with Crippen LogP contribution in [0, 0.1) is 5.92 Å². The van der Waals surface area contributed by atoms with E-state index in [-0.39, 0.29) is 0 Å². The Labute approximate surface area is 139 Å². The summed E-state index contributed by atoms with van der Waals surface area (Å²) in [5.74, 6) is 0.727. The summed E-state index contributed by atoms with van der Waals surface area (Å²) in [4.78, 5) is 2.40. The van der Waals surface area contributed by atoms with Crippen LogP contribution in [-0.4, -0.2) is 30.1 Å². The molecular weight excluding hydrogens is 282 g/mol. The number of nitrogens with zero attached hydrogens (tertiary/aromatic N) is 1. The van der Waals surface area contributed by atoms with Crippen LogP contribution < -0.4 is 0 Å². The minimum atomic E-state index is -0.883. The first kappa shape index (κ1) is 16.2. The monoisotopic (exact) mass is 309 g/mol. The Morgan fingerprint density at radius 1 is 0.913 bits per heavy atom. The molecule has 1 fully saturated rings. The minimum absolute atomic E-state index is 0.727. The van der Waals surface area contributed by atoms with E-state index in [0.29, 0.717) is 0 Å². The molecule has 0 radical (unpaired) electrons. The summed E-state index contributed by atoms with van der Waals surface area (Å²) in [5, 5.41) is 11.5. The zero-order valence-electron chi connectivity index (χ0n) is 14.0. The molecule has 3 rings (SSSR count). The molecule has 0 bridgehead atoms. The number of piperidine rings is 1. The average molecular weight is 309 g/mol. The molecule has 2 heteroatoms. The minimum Gasteiger partial charge on any atom is -0.380 e. The van der Waals surface area contributed by atoms with Gasteiger partial charge in [-0.2, -0.15) is 0 Å². The van der Waals surface area contributed by atoms with E-state index in [1.54, 1.807) is 0 Å². The normalized spacial score (nSPS) is 17.3. The molecule has 2 nitrogen and oxygen atoms in total. The number of aliphatic hydroxyl groups is 1. The van der Waals surface area contributed by atoms with Gasteiger partial charge < -0.3 is 10.0 Å². The van der Waals surface area contributed by atoms with Gasteiger partial charge in [-0.1, -0.05) is 60.7 Å². The van der Waals surface area contributed by atoms with Crippen LogP contribution in [0.3, 0.4) is 0 Å². The Balaban J connectivity index is 1.79. The fraction of sp³-hybridized carbons (Fsp3) is 0.429. The van der Waals surface area contributed by atoms with Gasteiger partial charge in [0.15, 0.2) is 0 Å². The molecule has 0 aromatic heterocycles. The molecule has 0 atom stereocenters. The fourth-order valence-corrected chi connectivity index (χ4v) is 3.65. The zero-order chi connectivity index (χ0) is 16.1. The topological polar surface area (TPSA) is 23.5 Å². The van der Waals surface area contributed by atoms with Gasteiger partial charge in [-0.05, 0) is 62.9 Å². The van der Waals surface area contributed by atoms with Crippen LogP contribution in [-0.2, 0) is 5.60 Å². The summed E-state index contributed by atoms with van der Waals surface area (Å²) in [7, 11) is 2.19. The first-order valence-corrected chi connectivity index (χ1v) is 8.70. The highest BCUT2D eigenvalue weighted by molar-refractivity contribution is 5.35. The summed E-state index contributed by atoms with van der Waals surface area (Å²) < 4.78 is 0. The number of hydrogen-bond acceptors (Lipinski definition) is 2. The van der Waals surface area contributed by atoms with Gasteiger partial charge in [0, 0.05) is 0 Å². The number of hydrogen-bond donors (Lipinski definition) is 1. The van der Waals surface area contributed by atoms with Gasteiger partial charge in [-0.25, -0.2) is 0 Å². The van der Waals surface area contributed by atoms with E-state index < -0.39 is 5.60 Å². The second-order valence-corrected chi connectivity index (χ2v) is 6.88. The Kier molecular flexibility index (Phi) is 5.14. The fourth-order valence-electron chi connectivity index (χ4n) is 3.65. The first-order valence-electron chi connectivity index (χ1n) is 8.70. The molecule has 0 aliphatic carbocycles. The lowest BCUT2D eigenvalue weighted by molar-refractivity contribution is 0.0586. The maximum atomic E-state index is 11.5. The van der Waals surface area contributed by atoms with E-state index in [9.17, 15) is 5.11 Å². The van der Waals surface area contributed by atoms with E-state index >= 15 is 0 Å². The van der Waals surface area contributed by atoms with Crippen LogP contribution in [0.2, 0.25) is 0 Å². The second kappa shape index (κ2) is 7.29. The molecule has 0 unspecified atom stereocenters. The molecular formula is C21H27NO. The number of rotatable bonds is 5. The number of likely N-dealkylation sites (tertiary alicyclic amines) is 1. The second-order valence-electron chi connectivity index (χ2n) is 6.88. The molecule has 23 heavy (non-hydrogen) atoms. The van der Waals surface area contributed by atoms with Gasteiger partial charge >= 0.3 is 0 Å². The third-order valence-electron chi connectivity index (χ3n) is 5.26. The quantitative estimate of drug-likeness (QED) is 0.901. The largest absolute Gasteiger partial charge is 0.380 e. The maximum Gasteiger partial charge on any atom is 0.115 e. The molecule has 1 N–H and O–H groups in total. The van der Waals surface area contributed by atoms with Crippen molar-refractivity contribution < 1.29 is 5.11 Å². The lowest BCUT2D eigenvalue weighted by atomic mass is 9.79. The summed E-state index contributed by atoms with van der Waals surface area (Å²) in [6.45, 7) is 2.36. The van der Waals surface area contributed by atoms with Crippen molar-refractivity contribution in [2.24, 2.45) is 5.92 Å². The Morgan fingerprint density at radius 3 is 1.87 bits per heavy atom. The van der Waals surface area contributed by atoms with Crippen molar-refractivity contribution in [3.05, 3.63) is 71.8 Å². The Hall–Kier alpha value is -1.64. The summed E-state index contributed by atoms with van der Waals surface area (Å²) in [6.07, 6.45) is 4.36. The Bertz CT molecular complexity index is 548. The van der Waals surface area contributed by atoms with E-state index in [1.807, 2.05) is 60.7 Å². The third-order valence-corrected chi connectivity index (χ3v) is 5.26. The van der Waals surface area contributed by atoms with Gasteiger partial charge in [0.2, 0.25) is 0 Å². The van der Waals surface area contributed by atoms with Crippen molar-refractivity contribution in [2.75, 3.05) is 20.1 Å². The van der Waals surface area contributed by atoms with Crippen molar-refractivity contribution in [1.82, 2.24) is 4.90 Å². The van der Waals surface area contributed by atoms with Crippen LogP contribution in [0.5, 0.6) is 0 Å². The highest BCUT2D eigenvalue weighted by Crippen LogP contribution is 2.36. The van der Waals surface area contributed by atoms with Crippen molar-refractivity contribution in [1.29, 1.82) is 0 Å². The predicted molar refractivity (Wildman–Crippen MR) is 95.3 cm³/mol. The van der Waals surface area contributed by atoms with E-state index in [1.165, 1.54) is 25.9 Å². The molecule has 122 valence electrons. The summed E-state index contributed by atoms with van der Waals surface area (Å²) in [5.41, 5.74) is 1.12. The van der Waals surface area contributed by atoms with Crippen LogP contribution in [0.25, 0.3) is 0 Å². The molecule has 2 aromatic carbocycles. The number of benzene rings is 2. The lowest BCUT2D eigenvalue weighted by Gasteiger charge is -2.34. The van der Waals surface area contributed by atoms with E-state index in [4.69, 9.17) is 0 Å². The van der Waals surface area contributed by atoms with Gasteiger partial charge in [0.05, 0.1) is 0 Å². The molecule has 0 saturated carbocycles. The van der Waals surface area contributed by atoms with Crippen molar-refractivity contribution in [3.63, 3.8) is 0 Å². The van der Waals surface area contributed by atoms with Crippen LogP contribution in [0.4, 0.5) is 0 Å². The van der Waals surface area contributed by atoms with E-state index in [0.717, 1.165) is 29.9 Å². The van der Waals surface area contributed by atoms with Crippen LogP contribution >= 0.6 is 0 Å². The lowest BCUT2D eigenvalue weighted by Crippen LogP contribution is -2.32. The molecule has 1 saturated heterocycles. The standard InChI is InChI=1S/C21H27NO/c1-22-16-13-18(14-17-22)12-15-21(23,19-8-4-2-5-9-19)20-10-6-3-7-11-20/h2-11,18,23H,12-17H2,1H3. The maximum absolute atomic E-state index is 11.5. The molecule has 0 spiro atoms. The van der Waals surface area contributed by atoms with Crippen LogP contribution in [0.15, 0.2) is 60.7 Å². The van der Waals surface area contributed by atoms with Gasteiger partial charge in [-0.15, -0.1) is 0 Å². The molecule has 1 aliphatic rings. The van der Waals surface area contributed by atoms with Crippen LogP contribution in [0.1, 0.15) is 36.8 Å². The van der Waals surface area contributed by atoms with Crippen molar-refractivity contribution >= 4 is 0 Å². The molecule has 2 aromatic rings.